The second kappa shape index (κ2) is 9.21. The summed E-state index contributed by atoms with van der Waals surface area (Å²) in [4.78, 5) is 24.7. The van der Waals surface area contributed by atoms with E-state index in [1.807, 2.05) is 45.9 Å². The van der Waals surface area contributed by atoms with Crippen molar-refractivity contribution in [3.63, 3.8) is 0 Å². The lowest BCUT2D eigenvalue weighted by Gasteiger charge is -2.19. The molecule has 5 nitrogen and oxygen atoms in total. The summed E-state index contributed by atoms with van der Waals surface area (Å²) in [5.74, 6) is 0.0350. The molecule has 2 aromatic rings. The molecule has 0 saturated heterocycles. The highest BCUT2D eigenvalue weighted by Crippen LogP contribution is 2.23. The average Bonchev–Trinajstić information content (AvgIpc) is 2.63. The second-order valence-electron chi connectivity index (χ2n) is 6.52. The summed E-state index contributed by atoms with van der Waals surface area (Å²) in [5.41, 5.74) is 3.97. The molecule has 2 aromatic carbocycles. The van der Waals surface area contributed by atoms with Gasteiger partial charge in [0, 0.05) is 5.69 Å². The Morgan fingerprint density at radius 2 is 1.74 bits per heavy atom. The van der Waals surface area contributed by atoms with E-state index in [-0.39, 0.29) is 5.91 Å². The zero-order valence-corrected chi connectivity index (χ0v) is 16.6. The molecule has 0 spiro atoms. The molecule has 0 bridgehead atoms. The van der Waals surface area contributed by atoms with E-state index in [2.05, 4.69) is 5.32 Å². The SMILES string of the molecule is CCOC(=O)c1ccc(C)c(NC(=O)[C@H](CC)Oc2ccc(C)cc2C)c1. The van der Waals surface area contributed by atoms with Crippen molar-refractivity contribution in [2.75, 3.05) is 11.9 Å². The van der Waals surface area contributed by atoms with Crippen LogP contribution in [-0.2, 0) is 9.53 Å². The molecule has 144 valence electrons. The number of aryl methyl sites for hydroxylation is 3. The number of benzene rings is 2. The minimum absolute atomic E-state index is 0.249. The molecule has 1 amide bonds. The van der Waals surface area contributed by atoms with Gasteiger partial charge in [0.05, 0.1) is 12.2 Å². The first kappa shape index (κ1) is 20.5. The fraction of sp³-hybridized carbons (Fsp3) is 0.364. The second-order valence-corrected chi connectivity index (χ2v) is 6.52. The number of anilines is 1. The van der Waals surface area contributed by atoms with E-state index in [1.165, 1.54) is 0 Å². The van der Waals surface area contributed by atoms with Crippen molar-refractivity contribution in [1.29, 1.82) is 0 Å². The van der Waals surface area contributed by atoms with Crippen LogP contribution in [0, 0.1) is 20.8 Å². The maximum Gasteiger partial charge on any atom is 0.338 e. The molecule has 0 aliphatic rings. The van der Waals surface area contributed by atoms with Crippen LogP contribution in [0.3, 0.4) is 0 Å². The van der Waals surface area contributed by atoms with Gasteiger partial charge in [-0.25, -0.2) is 4.79 Å². The molecule has 0 unspecified atom stereocenters. The van der Waals surface area contributed by atoms with Crippen molar-refractivity contribution in [1.82, 2.24) is 0 Å². The van der Waals surface area contributed by atoms with Gasteiger partial charge in [-0.3, -0.25) is 4.79 Å². The first-order valence-electron chi connectivity index (χ1n) is 9.18. The van der Waals surface area contributed by atoms with E-state index in [1.54, 1.807) is 25.1 Å². The number of esters is 1. The third-order valence-electron chi connectivity index (χ3n) is 4.27. The molecule has 0 radical (unpaired) electrons. The Bertz CT molecular complexity index is 829. The lowest BCUT2D eigenvalue weighted by Crippen LogP contribution is -2.32. The van der Waals surface area contributed by atoms with E-state index >= 15 is 0 Å². The molecule has 2 rings (SSSR count). The van der Waals surface area contributed by atoms with Crippen LogP contribution in [-0.4, -0.2) is 24.6 Å². The number of hydrogen-bond acceptors (Lipinski definition) is 4. The summed E-state index contributed by atoms with van der Waals surface area (Å²) in [6.45, 7) is 9.80. The number of nitrogens with one attached hydrogen (secondary N) is 1. The molecule has 0 aromatic heterocycles. The van der Waals surface area contributed by atoms with Crippen LogP contribution >= 0.6 is 0 Å². The quantitative estimate of drug-likeness (QED) is 0.725. The Balaban J connectivity index is 2.16. The number of rotatable bonds is 7. The molecule has 5 heteroatoms. The Labute approximate surface area is 160 Å². The molecule has 1 N–H and O–H groups in total. The van der Waals surface area contributed by atoms with Gasteiger partial charge in [0.2, 0.25) is 0 Å². The largest absolute Gasteiger partial charge is 0.480 e. The van der Waals surface area contributed by atoms with E-state index in [4.69, 9.17) is 9.47 Å². The molecular weight excluding hydrogens is 342 g/mol. The summed E-state index contributed by atoms with van der Waals surface area (Å²) < 4.78 is 11.0. The Hall–Kier alpha value is -2.82. The van der Waals surface area contributed by atoms with Crippen molar-refractivity contribution in [3.05, 3.63) is 58.7 Å². The molecule has 0 fully saturated rings. The minimum Gasteiger partial charge on any atom is -0.480 e. The normalized spacial score (nSPS) is 11.6. The maximum absolute atomic E-state index is 12.7. The smallest absolute Gasteiger partial charge is 0.338 e. The summed E-state index contributed by atoms with van der Waals surface area (Å²) in [6.07, 6.45) is -0.104. The van der Waals surface area contributed by atoms with Gasteiger partial charge in [-0.1, -0.05) is 30.7 Å². The van der Waals surface area contributed by atoms with Gasteiger partial charge >= 0.3 is 5.97 Å². The zero-order valence-electron chi connectivity index (χ0n) is 16.6. The standard InChI is InChI=1S/C22H27NO4/c1-6-19(27-20-11-8-14(3)12-16(20)5)21(24)23-18-13-17(10-9-15(18)4)22(25)26-7-2/h8-13,19H,6-7H2,1-5H3,(H,23,24)/t19-/m0/s1. The van der Waals surface area contributed by atoms with E-state index in [0.717, 1.165) is 16.7 Å². The van der Waals surface area contributed by atoms with Gasteiger partial charge in [-0.2, -0.15) is 0 Å². The topological polar surface area (TPSA) is 64.6 Å². The molecule has 27 heavy (non-hydrogen) atoms. The average molecular weight is 369 g/mol. The number of hydrogen-bond donors (Lipinski definition) is 1. The van der Waals surface area contributed by atoms with E-state index in [9.17, 15) is 9.59 Å². The summed E-state index contributed by atoms with van der Waals surface area (Å²) in [7, 11) is 0. The summed E-state index contributed by atoms with van der Waals surface area (Å²) >= 11 is 0. The van der Waals surface area contributed by atoms with Crippen LogP contribution < -0.4 is 10.1 Å². The van der Waals surface area contributed by atoms with Gasteiger partial charge in [0.15, 0.2) is 6.10 Å². The van der Waals surface area contributed by atoms with Crippen LogP contribution in [0.4, 0.5) is 5.69 Å². The van der Waals surface area contributed by atoms with Crippen LogP contribution in [0.15, 0.2) is 36.4 Å². The fourth-order valence-corrected chi connectivity index (χ4v) is 2.72. The van der Waals surface area contributed by atoms with Crippen molar-refractivity contribution in [2.24, 2.45) is 0 Å². The third-order valence-corrected chi connectivity index (χ3v) is 4.27. The maximum atomic E-state index is 12.7. The molecular formula is C22H27NO4. The van der Waals surface area contributed by atoms with Gasteiger partial charge in [0.25, 0.3) is 5.91 Å². The predicted octanol–water partition coefficient (Wildman–Crippen LogP) is 4.58. The minimum atomic E-state index is -0.628. The highest BCUT2D eigenvalue weighted by Gasteiger charge is 2.20. The summed E-state index contributed by atoms with van der Waals surface area (Å²) in [6, 6.07) is 11.0. The number of amides is 1. The van der Waals surface area contributed by atoms with Crippen molar-refractivity contribution in [3.8, 4) is 5.75 Å². The fourth-order valence-electron chi connectivity index (χ4n) is 2.72. The Kier molecular flexibility index (Phi) is 6.99. The highest BCUT2D eigenvalue weighted by molar-refractivity contribution is 5.97. The predicted molar refractivity (Wildman–Crippen MR) is 106 cm³/mol. The molecule has 0 aliphatic carbocycles. The molecule has 0 saturated carbocycles. The van der Waals surface area contributed by atoms with E-state index < -0.39 is 12.1 Å². The third kappa shape index (κ3) is 5.33. The summed E-state index contributed by atoms with van der Waals surface area (Å²) in [5, 5.41) is 2.88. The van der Waals surface area contributed by atoms with Gasteiger partial charge in [0.1, 0.15) is 5.75 Å². The van der Waals surface area contributed by atoms with Crippen LogP contribution in [0.2, 0.25) is 0 Å². The lowest BCUT2D eigenvalue weighted by atomic mass is 10.1. The van der Waals surface area contributed by atoms with Crippen LogP contribution in [0.25, 0.3) is 0 Å². The lowest BCUT2D eigenvalue weighted by molar-refractivity contribution is -0.122. The van der Waals surface area contributed by atoms with Crippen LogP contribution in [0.1, 0.15) is 47.3 Å². The van der Waals surface area contributed by atoms with Crippen molar-refractivity contribution in [2.45, 2.75) is 47.1 Å². The zero-order chi connectivity index (χ0) is 20.0. The van der Waals surface area contributed by atoms with Crippen molar-refractivity contribution >= 4 is 17.6 Å². The molecule has 1 atom stereocenters. The Morgan fingerprint density at radius 3 is 2.37 bits per heavy atom. The number of ether oxygens (including phenoxy) is 2. The Morgan fingerprint density at radius 1 is 1.00 bits per heavy atom. The number of carbonyl (C=O) groups excluding carboxylic acids is 2. The van der Waals surface area contributed by atoms with Gasteiger partial charge in [-0.05, 0) is 63.4 Å². The van der Waals surface area contributed by atoms with Gasteiger partial charge in [-0.15, -0.1) is 0 Å². The van der Waals surface area contributed by atoms with E-state index in [0.29, 0.717) is 30.0 Å². The van der Waals surface area contributed by atoms with Crippen molar-refractivity contribution < 1.29 is 19.1 Å². The highest BCUT2D eigenvalue weighted by atomic mass is 16.5. The first-order chi connectivity index (χ1) is 12.8. The molecule has 0 aliphatic heterocycles. The van der Waals surface area contributed by atoms with Gasteiger partial charge < -0.3 is 14.8 Å². The monoisotopic (exact) mass is 369 g/mol. The first-order valence-corrected chi connectivity index (χ1v) is 9.18. The molecule has 0 heterocycles. The number of carbonyl (C=O) groups is 2. The van der Waals surface area contributed by atoms with Crippen LogP contribution in [0.5, 0.6) is 5.75 Å².